The number of hydrogen-bond acceptors (Lipinski definition) is 4. The maximum absolute atomic E-state index is 5.49. The highest BCUT2D eigenvalue weighted by molar-refractivity contribution is 4.80. The van der Waals surface area contributed by atoms with Gasteiger partial charge in [-0.2, -0.15) is 0 Å². The summed E-state index contributed by atoms with van der Waals surface area (Å²) in [6.07, 6.45) is 2.48. The van der Waals surface area contributed by atoms with Crippen molar-refractivity contribution in [3.8, 4) is 0 Å². The minimum atomic E-state index is 0.573. The Hall–Kier alpha value is -0.160. The van der Waals surface area contributed by atoms with Gasteiger partial charge in [0.05, 0.1) is 13.2 Å². The van der Waals surface area contributed by atoms with Crippen molar-refractivity contribution < 1.29 is 4.74 Å². The lowest BCUT2D eigenvalue weighted by atomic mass is 10.1. The molecule has 0 aromatic heterocycles. The summed E-state index contributed by atoms with van der Waals surface area (Å²) in [5, 5.41) is 3.53. The molecule has 4 heteroatoms. The molecule has 0 spiro atoms. The summed E-state index contributed by atoms with van der Waals surface area (Å²) >= 11 is 0. The Morgan fingerprint density at radius 3 is 2.94 bits per heavy atom. The summed E-state index contributed by atoms with van der Waals surface area (Å²) in [6, 6.07) is 1.32. The molecule has 0 radical (unpaired) electrons. The number of piperazine rings is 1. The molecule has 0 amide bonds. The molecular formula is C13H27N3O. The van der Waals surface area contributed by atoms with E-state index in [1.807, 2.05) is 0 Å². The van der Waals surface area contributed by atoms with E-state index in [4.69, 9.17) is 4.74 Å². The van der Waals surface area contributed by atoms with Gasteiger partial charge in [-0.05, 0) is 26.4 Å². The zero-order valence-electron chi connectivity index (χ0n) is 11.3. The van der Waals surface area contributed by atoms with Crippen LogP contribution in [0, 0.1) is 0 Å². The van der Waals surface area contributed by atoms with Gasteiger partial charge in [-0.25, -0.2) is 0 Å². The van der Waals surface area contributed by atoms with E-state index in [9.17, 15) is 0 Å². The van der Waals surface area contributed by atoms with Gasteiger partial charge in [0, 0.05) is 38.3 Å². The van der Waals surface area contributed by atoms with Crippen LogP contribution in [0.3, 0.4) is 0 Å². The second kappa shape index (κ2) is 6.69. The molecule has 0 bridgehead atoms. The van der Waals surface area contributed by atoms with Crippen LogP contribution in [0.1, 0.15) is 19.8 Å². The third kappa shape index (κ3) is 3.91. The lowest BCUT2D eigenvalue weighted by Gasteiger charge is -2.39. The van der Waals surface area contributed by atoms with Crippen LogP contribution >= 0.6 is 0 Å². The van der Waals surface area contributed by atoms with Crippen molar-refractivity contribution in [1.82, 2.24) is 15.1 Å². The molecule has 0 aromatic carbocycles. The zero-order valence-corrected chi connectivity index (χ0v) is 11.3. The molecule has 0 aromatic rings. The van der Waals surface area contributed by atoms with Gasteiger partial charge in [0.15, 0.2) is 0 Å². The molecule has 100 valence electrons. The van der Waals surface area contributed by atoms with E-state index in [0.717, 1.165) is 25.8 Å². The molecular weight excluding hydrogens is 214 g/mol. The largest absolute Gasteiger partial charge is 0.379 e. The first kappa shape index (κ1) is 13.3. The fourth-order valence-corrected chi connectivity index (χ4v) is 2.80. The summed E-state index contributed by atoms with van der Waals surface area (Å²) in [6.45, 7) is 9.97. The van der Waals surface area contributed by atoms with Crippen molar-refractivity contribution in [1.29, 1.82) is 0 Å². The average molecular weight is 241 g/mol. The molecule has 2 atom stereocenters. The number of likely N-dealkylation sites (N-methyl/N-ethyl adjacent to an activating group) is 1. The smallest absolute Gasteiger partial charge is 0.0620 e. The molecule has 1 N–H and O–H groups in total. The van der Waals surface area contributed by atoms with Gasteiger partial charge >= 0.3 is 0 Å². The number of nitrogens with one attached hydrogen (secondary N) is 1. The molecule has 2 aliphatic heterocycles. The van der Waals surface area contributed by atoms with E-state index >= 15 is 0 Å². The lowest BCUT2D eigenvalue weighted by molar-refractivity contribution is 0.0583. The van der Waals surface area contributed by atoms with E-state index in [2.05, 4.69) is 29.1 Å². The van der Waals surface area contributed by atoms with E-state index in [1.54, 1.807) is 0 Å². The van der Waals surface area contributed by atoms with Crippen molar-refractivity contribution in [2.24, 2.45) is 0 Å². The predicted octanol–water partition coefficient (Wildman–Crippen LogP) is 0.391. The molecule has 2 heterocycles. The fourth-order valence-electron chi connectivity index (χ4n) is 2.80. The summed E-state index contributed by atoms with van der Waals surface area (Å²) in [7, 11) is 2.25. The Bertz CT molecular complexity index is 219. The van der Waals surface area contributed by atoms with Crippen LogP contribution in [0.5, 0.6) is 0 Å². The number of morpholine rings is 1. The van der Waals surface area contributed by atoms with E-state index in [-0.39, 0.29) is 0 Å². The average Bonchev–Trinajstić information content (AvgIpc) is 2.39. The van der Waals surface area contributed by atoms with Crippen LogP contribution in [0.2, 0.25) is 0 Å². The predicted molar refractivity (Wildman–Crippen MR) is 70.4 cm³/mol. The highest BCUT2D eigenvalue weighted by atomic mass is 16.5. The Balaban J connectivity index is 1.68. The Labute approximate surface area is 105 Å². The molecule has 0 saturated carbocycles. The first-order valence-electron chi connectivity index (χ1n) is 7.03. The maximum Gasteiger partial charge on any atom is 0.0620 e. The highest BCUT2D eigenvalue weighted by Crippen LogP contribution is 2.11. The monoisotopic (exact) mass is 241 g/mol. The lowest BCUT2D eigenvalue weighted by Crippen LogP contribution is -2.52. The van der Waals surface area contributed by atoms with Gasteiger partial charge in [0.1, 0.15) is 0 Å². The van der Waals surface area contributed by atoms with Crippen molar-refractivity contribution >= 4 is 0 Å². The number of rotatable bonds is 4. The minimum absolute atomic E-state index is 0.573. The quantitative estimate of drug-likeness (QED) is 0.771. The van der Waals surface area contributed by atoms with Crippen LogP contribution < -0.4 is 5.32 Å². The Morgan fingerprint density at radius 1 is 1.35 bits per heavy atom. The topological polar surface area (TPSA) is 27.7 Å². The zero-order chi connectivity index (χ0) is 12.1. The number of hydrogen-bond donors (Lipinski definition) is 1. The van der Waals surface area contributed by atoms with Crippen LogP contribution in [0.4, 0.5) is 0 Å². The molecule has 2 aliphatic rings. The van der Waals surface area contributed by atoms with Gasteiger partial charge < -0.3 is 19.9 Å². The molecule has 2 unspecified atom stereocenters. The molecule has 0 aliphatic carbocycles. The second-order valence-electron chi connectivity index (χ2n) is 5.36. The number of nitrogens with zero attached hydrogens (tertiary/aromatic N) is 2. The highest BCUT2D eigenvalue weighted by Gasteiger charge is 2.23. The number of ether oxygens (including phenoxy) is 1. The molecule has 4 nitrogen and oxygen atoms in total. The summed E-state index contributed by atoms with van der Waals surface area (Å²) in [4.78, 5) is 5.11. The Kier molecular flexibility index (Phi) is 5.22. The molecule has 2 rings (SSSR count). The minimum Gasteiger partial charge on any atom is -0.379 e. The summed E-state index contributed by atoms with van der Waals surface area (Å²) < 4.78 is 5.49. The summed E-state index contributed by atoms with van der Waals surface area (Å²) in [5.74, 6) is 0. The normalized spacial score (nSPS) is 32.8. The SMILES string of the molecule is CCC1CN(CCC2COCCN2)CCN1C. The van der Waals surface area contributed by atoms with Gasteiger partial charge in [-0.1, -0.05) is 6.92 Å². The van der Waals surface area contributed by atoms with Crippen LogP contribution in [-0.4, -0.2) is 74.9 Å². The molecule has 17 heavy (non-hydrogen) atoms. The first-order valence-corrected chi connectivity index (χ1v) is 7.03. The van der Waals surface area contributed by atoms with E-state index in [0.29, 0.717) is 6.04 Å². The fraction of sp³-hybridized carbons (Fsp3) is 1.00. The van der Waals surface area contributed by atoms with Crippen molar-refractivity contribution in [2.45, 2.75) is 31.8 Å². The molecule has 2 saturated heterocycles. The van der Waals surface area contributed by atoms with Crippen molar-refractivity contribution in [3.05, 3.63) is 0 Å². The van der Waals surface area contributed by atoms with Gasteiger partial charge in [0.2, 0.25) is 0 Å². The maximum atomic E-state index is 5.49. The van der Waals surface area contributed by atoms with E-state index < -0.39 is 0 Å². The third-order valence-corrected chi connectivity index (χ3v) is 4.12. The van der Waals surface area contributed by atoms with Gasteiger partial charge in [0.25, 0.3) is 0 Å². The molecule has 2 fully saturated rings. The van der Waals surface area contributed by atoms with Gasteiger partial charge in [-0.15, -0.1) is 0 Å². The standard InChI is InChI=1S/C13H27N3O/c1-3-13-10-16(8-7-15(13)2)6-4-12-11-17-9-5-14-12/h12-14H,3-11H2,1-2H3. The van der Waals surface area contributed by atoms with Crippen LogP contribution in [-0.2, 0) is 4.74 Å². The second-order valence-corrected chi connectivity index (χ2v) is 5.36. The van der Waals surface area contributed by atoms with Crippen LogP contribution in [0.15, 0.2) is 0 Å². The third-order valence-electron chi connectivity index (χ3n) is 4.12. The summed E-state index contributed by atoms with van der Waals surface area (Å²) in [5.41, 5.74) is 0. The first-order chi connectivity index (χ1) is 8.29. The van der Waals surface area contributed by atoms with Gasteiger partial charge in [-0.3, -0.25) is 0 Å². The Morgan fingerprint density at radius 2 is 2.24 bits per heavy atom. The van der Waals surface area contributed by atoms with Crippen molar-refractivity contribution in [3.63, 3.8) is 0 Å². The van der Waals surface area contributed by atoms with E-state index in [1.165, 1.54) is 39.0 Å². The van der Waals surface area contributed by atoms with Crippen LogP contribution in [0.25, 0.3) is 0 Å². The van der Waals surface area contributed by atoms with Crippen molar-refractivity contribution in [2.75, 3.05) is 53.0 Å².